The molecule has 104 valence electrons. The summed E-state index contributed by atoms with van der Waals surface area (Å²) in [6.45, 7) is 1.73. The van der Waals surface area contributed by atoms with Crippen LogP contribution < -0.4 is 11.3 Å². The van der Waals surface area contributed by atoms with E-state index in [1.165, 1.54) is 24.1 Å². The Bertz CT molecular complexity index is 418. The molecular weight excluding hydrogens is 238 g/mol. The second kappa shape index (κ2) is 5.99. The fraction of sp³-hybridized carbons (Fsp3) is 0.667. The average molecular weight is 261 g/mol. The van der Waals surface area contributed by atoms with Crippen molar-refractivity contribution in [3.63, 3.8) is 0 Å². The third kappa shape index (κ3) is 2.66. The first-order chi connectivity index (χ1) is 9.40. The van der Waals surface area contributed by atoms with Crippen LogP contribution in [0.15, 0.2) is 18.3 Å². The molecule has 0 spiro atoms. The van der Waals surface area contributed by atoms with Crippen LogP contribution in [0.25, 0.3) is 0 Å². The standard InChI is InChI=1S/C15H23N3O/c16-18-15(12-6-9-19-10-7-12)13-5-1-3-11-4-2-8-17-14(11)13/h2,4,8,12-13,15,18H,1,3,5-7,9-10,16H2. The first kappa shape index (κ1) is 13.0. The van der Waals surface area contributed by atoms with E-state index in [0.717, 1.165) is 32.5 Å². The van der Waals surface area contributed by atoms with Crippen LogP contribution in [0.1, 0.15) is 42.9 Å². The maximum Gasteiger partial charge on any atom is 0.0482 e. The molecule has 2 unspecified atom stereocenters. The van der Waals surface area contributed by atoms with Gasteiger partial charge in [0.15, 0.2) is 0 Å². The van der Waals surface area contributed by atoms with E-state index in [1.54, 1.807) is 0 Å². The SMILES string of the molecule is NNC(C1CCOCC1)C1CCCc2cccnc21. The summed E-state index contributed by atoms with van der Waals surface area (Å²) in [7, 11) is 0. The molecule has 0 amide bonds. The van der Waals surface area contributed by atoms with E-state index in [2.05, 4.69) is 16.5 Å². The maximum absolute atomic E-state index is 5.87. The third-order valence-corrected chi connectivity index (χ3v) is 4.64. The van der Waals surface area contributed by atoms with Crippen molar-refractivity contribution < 1.29 is 4.74 Å². The van der Waals surface area contributed by atoms with Crippen molar-refractivity contribution in [3.05, 3.63) is 29.6 Å². The molecule has 2 aliphatic rings. The number of aromatic nitrogens is 1. The largest absolute Gasteiger partial charge is 0.381 e. The summed E-state index contributed by atoms with van der Waals surface area (Å²) in [4.78, 5) is 4.64. The number of nitrogens with two attached hydrogens (primary N) is 1. The summed E-state index contributed by atoms with van der Waals surface area (Å²) in [5, 5.41) is 0. The summed E-state index contributed by atoms with van der Waals surface area (Å²) >= 11 is 0. The van der Waals surface area contributed by atoms with Crippen LogP contribution in [0.4, 0.5) is 0 Å². The van der Waals surface area contributed by atoms with Crippen molar-refractivity contribution in [1.29, 1.82) is 0 Å². The summed E-state index contributed by atoms with van der Waals surface area (Å²) in [5.41, 5.74) is 5.76. The fourth-order valence-electron chi connectivity index (χ4n) is 3.65. The third-order valence-electron chi connectivity index (χ3n) is 4.64. The molecule has 4 nitrogen and oxygen atoms in total. The molecule has 19 heavy (non-hydrogen) atoms. The lowest BCUT2D eigenvalue weighted by molar-refractivity contribution is 0.0485. The number of hydrazine groups is 1. The molecule has 3 rings (SSSR count). The molecule has 1 aromatic rings. The van der Waals surface area contributed by atoms with Gasteiger partial charge in [-0.15, -0.1) is 0 Å². The van der Waals surface area contributed by atoms with E-state index in [4.69, 9.17) is 10.6 Å². The highest BCUT2D eigenvalue weighted by atomic mass is 16.5. The van der Waals surface area contributed by atoms with Gasteiger partial charge in [0.1, 0.15) is 0 Å². The first-order valence-corrected chi connectivity index (χ1v) is 7.38. The number of fused-ring (bicyclic) bond motifs is 1. The topological polar surface area (TPSA) is 60.2 Å². The Morgan fingerprint density at radius 1 is 1.32 bits per heavy atom. The Morgan fingerprint density at radius 2 is 2.16 bits per heavy atom. The number of nitrogens with one attached hydrogen (secondary N) is 1. The van der Waals surface area contributed by atoms with E-state index in [1.807, 2.05) is 12.3 Å². The van der Waals surface area contributed by atoms with Gasteiger partial charge in [-0.3, -0.25) is 16.3 Å². The Hall–Kier alpha value is -0.970. The molecule has 4 heteroatoms. The predicted molar refractivity (Wildman–Crippen MR) is 74.6 cm³/mol. The summed E-state index contributed by atoms with van der Waals surface area (Å²) in [5.74, 6) is 6.94. The van der Waals surface area contributed by atoms with Crippen LogP contribution in [-0.4, -0.2) is 24.2 Å². The van der Waals surface area contributed by atoms with Gasteiger partial charge in [-0.2, -0.15) is 0 Å². The Kier molecular flexibility index (Phi) is 4.11. The second-order valence-corrected chi connectivity index (χ2v) is 5.69. The lowest BCUT2D eigenvalue weighted by Crippen LogP contribution is -2.47. The lowest BCUT2D eigenvalue weighted by Gasteiger charge is -2.37. The molecule has 1 fully saturated rings. The fourth-order valence-corrected chi connectivity index (χ4v) is 3.65. The van der Waals surface area contributed by atoms with E-state index < -0.39 is 0 Å². The van der Waals surface area contributed by atoms with Crippen molar-refractivity contribution in [1.82, 2.24) is 10.4 Å². The molecule has 1 aliphatic carbocycles. The summed E-state index contributed by atoms with van der Waals surface area (Å²) in [6.07, 6.45) is 7.71. The van der Waals surface area contributed by atoms with Crippen LogP contribution >= 0.6 is 0 Å². The molecule has 1 saturated heterocycles. The molecule has 0 radical (unpaired) electrons. The van der Waals surface area contributed by atoms with Crippen LogP contribution in [0.5, 0.6) is 0 Å². The zero-order chi connectivity index (χ0) is 13.1. The lowest BCUT2D eigenvalue weighted by atomic mass is 9.75. The minimum Gasteiger partial charge on any atom is -0.381 e. The zero-order valence-corrected chi connectivity index (χ0v) is 11.3. The molecule has 2 heterocycles. The number of hydrogen-bond acceptors (Lipinski definition) is 4. The van der Waals surface area contributed by atoms with Crippen LogP contribution in [-0.2, 0) is 11.2 Å². The van der Waals surface area contributed by atoms with Gasteiger partial charge < -0.3 is 4.74 Å². The summed E-state index contributed by atoms with van der Waals surface area (Å²) < 4.78 is 5.47. The average Bonchev–Trinajstić information content (AvgIpc) is 2.49. The zero-order valence-electron chi connectivity index (χ0n) is 11.3. The highest BCUT2D eigenvalue weighted by molar-refractivity contribution is 5.27. The maximum atomic E-state index is 5.87. The van der Waals surface area contributed by atoms with Crippen molar-refractivity contribution in [2.75, 3.05) is 13.2 Å². The number of aryl methyl sites for hydroxylation is 1. The molecule has 0 saturated carbocycles. The van der Waals surface area contributed by atoms with Crippen LogP contribution in [0.2, 0.25) is 0 Å². The number of pyridine rings is 1. The smallest absolute Gasteiger partial charge is 0.0482 e. The van der Waals surface area contributed by atoms with Gasteiger partial charge in [0.2, 0.25) is 0 Å². The van der Waals surface area contributed by atoms with Crippen LogP contribution in [0.3, 0.4) is 0 Å². The van der Waals surface area contributed by atoms with Gasteiger partial charge >= 0.3 is 0 Å². The van der Waals surface area contributed by atoms with Gasteiger partial charge in [0.25, 0.3) is 0 Å². The van der Waals surface area contributed by atoms with E-state index >= 15 is 0 Å². The second-order valence-electron chi connectivity index (χ2n) is 5.69. The highest BCUT2D eigenvalue weighted by Gasteiger charge is 2.34. The Labute approximate surface area is 114 Å². The van der Waals surface area contributed by atoms with E-state index in [9.17, 15) is 0 Å². The van der Waals surface area contributed by atoms with Gasteiger partial charge in [-0.25, -0.2) is 0 Å². The highest BCUT2D eigenvalue weighted by Crippen LogP contribution is 2.36. The van der Waals surface area contributed by atoms with Crippen molar-refractivity contribution in [2.24, 2.45) is 11.8 Å². The molecule has 0 aromatic carbocycles. The minimum atomic E-state index is 0.331. The molecule has 1 aromatic heterocycles. The monoisotopic (exact) mass is 261 g/mol. The van der Waals surface area contributed by atoms with Crippen molar-refractivity contribution in [3.8, 4) is 0 Å². The normalized spacial score (nSPS) is 25.8. The van der Waals surface area contributed by atoms with E-state index in [0.29, 0.717) is 17.9 Å². The molecule has 3 N–H and O–H groups in total. The van der Waals surface area contributed by atoms with Crippen molar-refractivity contribution in [2.45, 2.75) is 44.1 Å². The number of nitrogens with zero attached hydrogens (tertiary/aromatic N) is 1. The minimum absolute atomic E-state index is 0.331. The van der Waals surface area contributed by atoms with Gasteiger partial charge in [0, 0.05) is 37.1 Å². The first-order valence-electron chi connectivity index (χ1n) is 7.38. The van der Waals surface area contributed by atoms with Gasteiger partial charge in [-0.1, -0.05) is 6.07 Å². The van der Waals surface area contributed by atoms with Gasteiger partial charge in [-0.05, 0) is 49.7 Å². The molecule has 0 bridgehead atoms. The molecule has 2 atom stereocenters. The number of hydrogen-bond donors (Lipinski definition) is 2. The van der Waals surface area contributed by atoms with Crippen LogP contribution in [0, 0.1) is 5.92 Å². The molecule has 1 aliphatic heterocycles. The molecular formula is C15H23N3O. The van der Waals surface area contributed by atoms with Gasteiger partial charge in [0.05, 0.1) is 0 Å². The number of ether oxygens (including phenoxy) is 1. The van der Waals surface area contributed by atoms with Crippen molar-refractivity contribution >= 4 is 0 Å². The Morgan fingerprint density at radius 3 is 2.95 bits per heavy atom. The van der Waals surface area contributed by atoms with E-state index in [-0.39, 0.29) is 0 Å². The number of rotatable bonds is 3. The quantitative estimate of drug-likeness (QED) is 0.643. The summed E-state index contributed by atoms with van der Waals surface area (Å²) in [6, 6.07) is 4.59. The Balaban J connectivity index is 1.83. The predicted octanol–water partition coefficient (Wildman–Crippen LogP) is 1.76.